The van der Waals surface area contributed by atoms with Gasteiger partial charge in [-0.05, 0) is 44.3 Å². The van der Waals surface area contributed by atoms with E-state index in [4.69, 9.17) is 5.41 Å². The summed E-state index contributed by atoms with van der Waals surface area (Å²) >= 11 is 0. The number of nitrogens with zero attached hydrogens (tertiary/aromatic N) is 2. The Balaban J connectivity index is 1.61. The van der Waals surface area contributed by atoms with Gasteiger partial charge in [-0.1, -0.05) is 0 Å². The third kappa shape index (κ3) is 3.57. The molecule has 5 N–H and O–H groups in total. The smallest absolute Gasteiger partial charge is 0.274 e. The Morgan fingerprint density at radius 2 is 2.00 bits per heavy atom. The monoisotopic (exact) mass is 451 g/mol. The molecule has 1 aromatic heterocycles. The minimum Gasteiger partial charge on any atom is -0.361 e. The molecule has 0 bridgehead atoms. The van der Waals surface area contributed by atoms with Crippen molar-refractivity contribution in [3.8, 4) is 0 Å². The van der Waals surface area contributed by atoms with Crippen LogP contribution in [0.5, 0.6) is 0 Å². The molecule has 11 heteroatoms. The molecule has 2 aliphatic heterocycles. The summed E-state index contributed by atoms with van der Waals surface area (Å²) in [4.78, 5) is 18.0. The molecule has 4 rings (SSSR count). The van der Waals surface area contributed by atoms with Crippen molar-refractivity contribution < 1.29 is 22.7 Å². The molecular formula is C20H23F2N5O3S. The SMILES string of the molecule is CN1CC2(C1)C(=N)N[C@](C)(c1cc(NC(=O)c3ccc(F)cn3)ccc1F)CS2(O)O. The van der Waals surface area contributed by atoms with Crippen molar-refractivity contribution in [1.29, 1.82) is 5.41 Å². The maximum absolute atomic E-state index is 14.8. The number of hydrogen-bond acceptors (Lipinski definition) is 6. The number of rotatable bonds is 3. The highest BCUT2D eigenvalue weighted by molar-refractivity contribution is 8.26. The first-order valence-corrected chi connectivity index (χ1v) is 11.2. The van der Waals surface area contributed by atoms with E-state index in [-0.39, 0.29) is 28.5 Å². The van der Waals surface area contributed by atoms with Crippen LogP contribution in [0.15, 0.2) is 36.5 Å². The first kappa shape index (κ1) is 21.6. The second-order valence-electron chi connectivity index (χ2n) is 8.32. The number of carbonyl (C=O) groups is 1. The van der Waals surface area contributed by atoms with Crippen molar-refractivity contribution in [2.45, 2.75) is 17.2 Å². The predicted molar refractivity (Wildman–Crippen MR) is 115 cm³/mol. The van der Waals surface area contributed by atoms with E-state index in [2.05, 4.69) is 15.6 Å². The number of likely N-dealkylation sites (tertiary alicyclic amines) is 1. The van der Waals surface area contributed by atoms with Crippen LogP contribution in [0.2, 0.25) is 0 Å². The number of hydrogen-bond donors (Lipinski definition) is 5. The largest absolute Gasteiger partial charge is 0.361 e. The fraction of sp³-hybridized carbons (Fsp3) is 0.350. The van der Waals surface area contributed by atoms with Crippen molar-refractivity contribution in [3.63, 3.8) is 0 Å². The van der Waals surface area contributed by atoms with E-state index in [0.29, 0.717) is 13.1 Å². The van der Waals surface area contributed by atoms with E-state index in [1.54, 1.807) is 6.92 Å². The van der Waals surface area contributed by atoms with E-state index < -0.39 is 38.4 Å². The van der Waals surface area contributed by atoms with Gasteiger partial charge in [0, 0.05) is 24.3 Å². The summed E-state index contributed by atoms with van der Waals surface area (Å²) in [5.74, 6) is -2.01. The Morgan fingerprint density at radius 3 is 2.58 bits per heavy atom. The number of benzene rings is 1. The number of halogens is 2. The molecule has 1 aromatic carbocycles. The standard InChI is InChI=1S/C20H23F2N5O3S/c1-19(11-31(29,30)20(18(23)26-19)9-27(2)10-20)14-7-13(4-5-15(14)22)25-17(28)16-6-3-12(21)8-24-16/h3-8,29-30H,9-11H2,1-2H3,(H2,23,26)(H,25,28)/t19-/m0/s1. The molecule has 2 aromatic rings. The highest BCUT2D eigenvalue weighted by Crippen LogP contribution is 2.61. The molecule has 1 atom stereocenters. The number of aromatic nitrogens is 1. The Hall–Kier alpha value is -2.60. The molecule has 1 amide bonds. The molecule has 2 aliphatic rings. The molecule has 166 valence electrons. The Kier molecular flexibility index (Phi) is 5.04. The summed E-state index contributed by atoms with van der Waals surface area (Å²) in [6.45, 7) is 2.26. The summed E-state index contributed by atoms with van der Waals surface area (Å²) < 4.78 is 48.6. The first-order valence-electron chi connectivity index (χ1n) is 9.50. The molecule has 31 heavy (non-hydrogen) atoms. The summed E-state index contributed by atoms with van der Waals surface area (Å²) in [7, 11) is -1.43. The predicted octanol–water partition coefficient (Wildman–Crippen LogP) is 2.84. The number of amides is 1. The molecule has 0 radical (unpaired) electrons. The van der Waals surface area contributed by atoms with Crippen molar-refractivity contribution in [1.82, 2.24) is 15.2 Å². The Bertz CT molecular complexity index is 1060. The molecule has 2 fully saturated rings. The molecule has 8 nitrogen and oxygen atoms in total. The van der Waals surface area contributed by atoms with Crippen LogP contribution in [0.1, 0.15) is 23.0 Å². The summed E-state index contributed by atoms with van der Waals surface area (Å²) in [6, 6.07) is 6.24. The lowest BCUT2D eigenvalue weighted by Gasteiger charge is -2.64. The van der Waals surface area contributed by atoms with E-state index in [1.165, 1.54) is 18.2 Å². The maximum atomic E-state index is 14.8. The summed E-state index contributed by atoms with van der Waals surface area (Å²) in [6.07, 6.45) is 0.919. The number of pyridine rings is 1. The third-order valence-electron chi connectivity index (χ3n) is 5.80. The quantitative estimate of drug-likeness (QED) is 0.489. The van der Waals surface area contributed by atoms with E-state index in [9.17, 15) is 22.7 Å². The van der Waals surface area contributed by atoms with Crippen LogP contribution in [0.3, 0.4) is 0 Å². The molecule has 1 spiro atoms. The lowest BCUT2D eigenvalue weighted by molar-refractivity contribution is 0.102. The topological polar surface area (TPSA) is 122 Å². The fourth-order valence-corrected chi connectivity index (χ4v) is 6.74. The third-order valence-corrected chi connectivity index (χ3v) is 8.50. The van der Waals surface area contributed by atoms with Crippen molar-refractivity contribution in [3.05, 3.63) is 59.4 Å². The van der Waals surface area contributed by atoms with Crippen LogP contribution in [-0.2, 0) is 5.54 Å². The van der Waals surface area contributed by atoms with Crippen molar-refractivity contribution >= 4 is 28.0 Å². The Labute approximate surface area is 179 Å². The average Bonchev–Trinajstić information content (AvgIpc) is 2.65. The molecule has 0 saturated carbocycles. The minimum atomic E-state index is -3.25. The van der Waals surface area contributed by atoms with Gasteiger partial charge in [0.05, 0.1) is 17.5 Å². The van der Waals surface area contributed by atoms with Crippen molar-refractivity contribution in [2.75, 3.05) is 31.2 Å². The number of amidine groups is 1. The van der Waals surface area contributed by atoms with Crippen LogP contribution in [0.25, 0.3) is 0 Å². The van der Waals surface area contributed by atoms with Gasteiger partial charge >= 0.3 is 0 Å². The number of nitrogens with one attached hydrogen (secondary N) is 3. The van der Waals surface area contributed by atoms with E-state index in [1.807, 2.05) is 11.9 Å². The zero-order valence-corrected chi connectivity index (χ0v) is 17.8. The van der Waals surface area contributed by atoms with Crippen LogP contribution in [-0.4, -0.2) is 61.4 Å². The number of anilines is 1. The second-order valence-corrected chi connectivity index (χ2v) is 10.7. The summed E-state index contributed by atoms with van der Waals surface area (Å²) in [5, 5.41) is 14.0. The van der Waals surface area contributed by atoms with E-state index in [0.717, 1.165) is 18.3 Å². The van der Waals surface area contributed by atoms with Gasteiger partial charge in [-0.25, -0.2) is 13.8 Å². The van der Waals surface area contributed by atoms with Crippen LogP contribution in [0, 0.1) is 17.0 Å². The lowest BCUT2D eigenvalue weighted by Crippen LogP contribution is -2.75. The van der Waals surface area contributed by atoms with Crippen LogP contribution in [0.4, 0.5) is 14.5 Å². The molecule has 0 aliphatic carbocycles. The van der Waals surface area contributed by atoms with Gasteiger partial charge in [-0.15, -0.1) is 0 Å². The highest BCUT2D eigenvalue weighted by atomic mass is 32.3. The van der Waals surface area contributed by atoms with E-state index >= 15 is 0 Å². The Morgan fingerprint density at radius 1 is 1.29 bits per heavy atom. The average molecular weight is 451 g/mol. The van der Waals surface area contributed by atoms with Gasteiger partial charge < -0.3 is 15.5 Å². The van der Waals surface area contributed by atoms with Crippen molar-refractivity contribution in [2.24, 2.45) is 0 Å². The van der Waals surface area contributed by atoms with Crippen LogP contribution >= 0.6 is 10.6 Å². The fourth-order valence-electron chi connectivity index (χ4n) is 4.20. The second kappa shape index (κ2) is 7.23. The zero-order valence-electron chi connectivity index (χ0n) is 16.9. The molecule has 2 saturated heterocycles. The zero-order chi connectivity index (χ0) is 22.6. The first-order chi connectivity index (χ1) is 14.5. The normalized spacial score (nSPS) is 25.4. The highest BCUT2D eigenvalue weighted by Gasteiger charge is 2.61. The molecule has 0 unspecified atom stereocenters. The maximum Gasteiger partial charge on any atom is 0.274 e. The van der Waals surface area contributed by atoms with Crippen LogP contribution < -0.4 is 10.6 Å². The van der Waals surface area contributed by atoms with Gasteiger partial charge in [0.2, 0.25) is 0 Å². The number of carbonyl (C=O) groups excluding carboxylic acids is 1. The van der Waals surface area contributed by atoms with Gasteiger partial charge in [0.25, 0.3) is 5.91 Å². The lowest BCUT2D eigenvalue weighted by atomic mass is 9.89. The van der Waals surface area contributed by atoms with Gasteiger partial charge in [0.1, 0.15) is 27.9 Å². The molecular weight excluding hydrogens is 428 g/mol. The molecule has 3 heterocycles. The van der Waals surface area contributed by atoms with Gasteiger partial charge in [0.15, 0.2) is 0 Å². The minimum absolute atomic E-state index is 0.0127. The summed E-state index contributed by atoms with van der Waals surface area (Å²) in [5.41, 5.74) is -0.943. The van der Waals surface area contributed by atoms with Gasteiger partial charge in [-0.3, -0.25) is 19.3 Å². The van der Waals surface area contributed by atoms with Gasteiger partial charge in [-0.2, -0.15) is 10.6 Å².